The van der Waals surface area contributed by atoms with Gasteiger partial charge in [-0.15, -0.1) is 11.3 Å². The second kappa shape index (κ2) is 7.25. The van der Waals surface area contributed by atoms with Gasteiger partial charge in [-0.25, -0.2) is 4.98 Å². The lowest BCUT2D eigenvalue weighted by atomic mass is 9.89. The zero-order valence-corrected chi connectivity index (χ0v) is 14.3. The van der Waals surface area contributed by atoms with Crippen LogP contribution in [0.4, 0.5) is 0 Å². The average Bonchev–Trinajstić information content (AvgIpc) is 3.01. The summed E-state index contributed by atoms with van der Waals surface area (Å²) in [5.74, 6) is 0.485. The summed E-state index contributed by atoms with van der Waals surface area (Å²) in [7, 11) is 0. The van der Waals surface area contributed by atoms with E-state index in [2.05, 4.69) is 17.2 Å². The van der Waals surface area contributed by atoms with Crippen LogP contribution < -0.4 is 10.9 Å². The van der Waals surface area contributed by atoms with Crippen LogP contribution in [0.1, 0.15) is 43.9 Å². The van der Waals surface area contributed by atoms with E-state index in [4.69, 9.17) is 0 Å². The fourth-order valence-electron chi connectivity index (χ4n) is 3.16. The molecule has 0 aliphatic heterocycles. The number of carbonyl (C=O) groups is 1. The quantitative estimate of drug-likeness (QED) is 0.915. The van der Waals surface area contributed by atoms with Gasteiger partial charge in [-0.05, 0) is 31.2 Å². The van der Waals surface area contributed by atoms with Gasteiger partial charge in [0.15, 0.2) is 0 Å². The van der Waals surface area contributed by atoms with Crippen molar-refractivity contribution in [2.45, 2.75) is 52.0 Å². The highest BCUT2D eigenvalue weighted by Crippen LogP contribution is 2.23. The molecule has 0 atom stereocenters. The molecule has 1 amide bonds. The number of carbonyl (C=O) groups excluding carboxylic acids is 1. The van der Waals surface area contributed by atoms with Gasteiger partial charge >= 0.3 is 0 Å². The molecule has 2 heterocycles. The highest BCUT2D eigenvalue weighted by molar-refractivity contribution is 7.18. The predicted molar refractivity (Wildman–Crippen MR) is 92.8 cm³/mol. The maximum Gasteiger partial charge on any atom is 0.262 e. The first-order valence-corrected chi connectivity index (χ1v) is 9.23. The molecular formula is C17H23N3O2S. The minimum Gasteiger partial charge on any atom is -0.354 e. The smallest absolute Gasteiger partial charge is 0.262 e. The van der Waals surface area contributed by atoms with E-state index in [-0.39, 0.29) is 18.0 Å². The first kappa shape index (κ1) is 16.2. The molecule has 2 aromatic heterocycles. The minimum atomic E-state index is -0.126. The number of nitrogens with one attached hydrogen (secondary N) is 1. The van der Waals surface area contributed by atoms with Crippen LogP contribution in [0.3, 0.4) is 0 Å². The van der Waals surface area contributed by atoms with Gasteiger partial charge < -0.3 is 5.32 Å². The third-order valence-electron chi connectivity index (χ3n) is 4.54. The SMILES string of the molecule is CCc1cc2c(=O)n(CC(=O)NCC3CCCCC3)cnc2s1. The van der Waals surface area contributed by atoms with Crippen molar-refractivity contribution >= 4 is 27.5 Å². The molecule has 0 bridgehead atoms. The van der Waals surface area contributed by atoms with E-state index in [1.54, 1.807) is 11.3 Å². The van der Waals surface area contributed by atoms with Crippen molar-refractivity contribution in [3.63, 3.8) is 0 Å². The summed E-state index contributed by atoms with van der Waals surface area (Å²) in [4.78, 5) is 30.8. The molecule has 1 N–H and O–H groups in total. The summed E-state index contributed by atoms with van der Waals surface area (Å²) in [6.45, 7) is 2.83. The molecule has 1 aliphatic rings. The number of rotatable bonds is 5. The molecule has 23 heavy (non-hydrogen) atoms. The third kappa shape index (κ3) is 3.80. The minimum absolute atomic E-state index is 0.0474. The molecule has 1 fully saturated rings. The van der Waals surface area contributed by atoms with Crippen LogP contribution >= 0.6 is 11.3 Å². The molecule has 3 rings (SSSR count). The van der Waals surface area contributed by atoms with E-state index in [9.17, 15) is 9.59 Å². The Morgan fingerprint density at radius 3 is 2.91 bits per heavy atom. The lowest BCUT2D eigenvalue weighted by Gasteiger charge is -2.21. The molecule has 0 radical (unpaired) electrons. The number of aromatic nitrogens is 2. The monoisotopic (exact) mass is 333 g/mol. The van der Waals surface area contributed by atoms with Gasteiger partial charge in [0, 0.05) is 11.4 Å². The van der Waals surface area contributed by atoms with Gasteiger partial charge in [-0.2, -0.15) is 0 Å². The first-order valence-electron chi connectivity index (χ1n) is 8.42. The van der Waals surface area contributed by atoms with Crippen LogP contribution in [-0.2, 0) is 17.8 Å². The van der Waals surface area contributed by atoms with E-state index < -0.39 is 0 Å². The van der Waals surface area contributed by atoms with Gasteiger partial charge in [-0.1, -0.05) is 26.2 Å². The number of nitrogens with zero attached hydrogens (tertiary/aromatic N) is 2. The van der Waals surface area contributed by atoms with Gasteiger partial charge in [0.25, 0.3) is 5.56 Å². The van der Waals surface area contributed by atoms with Crippen molar-refractivity contribution in [3.05, 3.63) is 27.6 Å². The second-order valence-corrected chi connectivity index (χ2v) is 7.39. The van der Waals surface area contributed by atoms with Crippen molar-refractivity contribution in [1.29, 1.82) is 0 Å². The molecule has 1 aliphatic carbocycles. The molecule has 1 saturated carbocycles. The fraction of sp³-hybridized carbons (Fsp3) is 0.588. The summed E-state index contributed by atoms with van der Waals surface area (Å²) >= 11 is 1.54. The van der Waals surface area contributed by atoms with Crippen LogP contribution in [0.5, 0.6) is 0 Å². The van der Waals surface area contributed by atoms with Crippen molar-refractivity contribution in [3.8, 4) is 0 Å². The fourth-order valence-corrected chi connectivity index (χ4v) is 4.08. The van der Waals surface area contributed by atoms with Gasteiger partial charge in [0.2, 0.25) is 5.91 Å². The second-order valence-electron chi connectivity index (χ2n) is 6.27. The lowest BCUT2D eigenvalue weighted by molar-refractivity contribution is -0.121. The van der Waals surface area contributed by atoms with Crippen molar-refractivity contribution in [2.75, 3.05) is 6.54 Å². The summed E-state index contributed by atoms with van der Waals surface area (Å²) in [6, 6.07) is 1.89. The summed E-state index contributed by atoms with van der Waals surface area (Å²) in [5, 5.41) is 3.59. The number of hydrogen-bond acceptors (Lipinski definition) is 4. The Morgan fingerprint density at radius 1 is 1.39 bits per heavy atom. The number of thiophene rings is 1. The Labute approximate surface area is 139 Å². The number of aryl methyl sites for hydroxylation is 1. The summed E-state index contributed by atoms with van der Waals surface area (Å²) in [6.07, 6.45) is 8.61. The number of hydrogen-bond donors (Lipinski definition) is 1. The standard InChI is InChI=1S/C17H23N3O2S/c1-2-13-8-14-16(23-13)19-11-20(17(14)22)10-15(21)18-9-12-6-4-3-5-7-12/h8,11-12H,2-7,9-10H2,1H3,(H,18,21). The molecule has 5 nitrogen and oxygen atoms in total. The molecule has 0 saturated heterocycles. The largest absolute Gasteiger partial charge is 0.354 e. The number of fused-ring (bicyclic) bond motifs is 1. The molecule has 124 valence electrons. The summed E-state index contributed by atoms with van der Waals surface area (Å²) < 4.78 is 1.41. The molecule has 0 unspecified atom stereocenters. The Bertz CT molecular complexity index is 744. The molecular weight excluding hydrogens is 310 g/mol. The maximum absolute atomic E-state index is 12.4. The molecule has 0 spiro atoms. The highest BCUT2D eigenvalue weighted by atomic mass is 32.1. The topological polar surface area (TPSA) is 64.0 Å². The maximum atomic E-state index is 12.4. The first-order chi connectivity index (χ1) is 11.2. The molecule has 6 heteroatoms. The molecule has 0 aromatic carbocycles. The van der Waals surface area contributed by atoms with E-state index in [1.165, 1.54) is 43.0 Å². The van der Waals surface area contributed by atoms with Crippen molar-refractivity contribution in [1.82, 2.24) is 14.9 Å². The zero-order valence-electron chi connectivity index (χ0n) is 13.5. The summed E-state index contributed by atoms with van der Waals surface area (Å²) in [5.41, 5.74) is -0.126. The zero-order chi connectivity index (χ0) is 16.2. The van der Waals surface area contributed by atoms with E-state index in [1.807, 2.05) is 6.07 Å². The van der Waals surface area contributed by atoms with Crippen molar-refractivity contribution < 1.29 is 4.79 Å². The predicted octanol–water partition coefficient (Wildman–Crippen LogP) is 2.72. The normalized spacial score (nSPS) is 15.9. The van der Waals surface area contributed by atoms with Crippen LogP contribution in [0.15, 0.2) is 17.2 Å². The van der Waals surface area contributed by atoms with Crippen LogP contribution in [0, 0.1) is 5.92 Å². The van der Waals surface area contributed by atoms with Crippen LogP contribution in [0.2, 0.25) is 0 Å². The average molecular weight is 333 g/mol. The van der Waals surface area contributed by atoms with Gasteiger partial charge in [0.1, 0.15) is 11.4 Å². The molecule has 2 aromatic rings. The Balaban J connectivity index is 1.64. The van der Waals surface area contributed by atoms with E-state index in [0.29, 0.717) is 11.3 Å². The Kier molecular flexibility index (Phi) is 5.10. The number of amides is 1. The third-order valence-corrected chi connectivity index (χ3v) is 5.73. The van der Waals surface area contributed by atoms with E-state index in [0.717, 1.165) is 22.7 Å². The van der Waals surface area contributed by atoms with Crippen molar-refractivity contribution in [2.24, 2.45) is 5.92 Å². The van der Waals surface area contributed by atoms with E-state index >= 15 is 0 Å². The van der Waals surface area contributed by atoms with Crippen LogP contribution in [0.25, 0.3) is 10.2 Å². The van der Waals surface area contributed by atoms with Crippen LogP contribution in [-0.4, -0.2) is 22.0 Å². The van der Waals surface area contributed by atoms with Gasteiger partial charge in [-0.3, -0.25) is 14.2 Å². The Hall–Kier alpha value is -1.69. The highest BCUT2D eigenvalue weighted by Gasteiger charge is 2.15. The van der Waals surface area contributed by atoms with Gasteiger partial charge in [0.05, 0.1) is 11.7 Å². The lowest BCUT2D eigenvalue weighted by Crippen LogP contribution is -2.35. The Morgan fingerprint density at radius 2 is 2.17 bits per heavy atom.